The van der Waals surface area contributed by atoms with E-state index in [4.69, 9.17) is 5.73 Å². The summed E-state index contributed by atoms with van der Waals surface area (Å²) in [5.74, 6) is -0.368. The van der Waals surface area contributed by atoms with Crippen LogP contribution in [-0.4, -0.2) is 46.4 Å². The fraction of sp³-hybridized carbons (Fsp3) is 0.750. The smallest absolute Gasteiger partial charge is 0.170 e. The number of ketones is 3. The number of allylic oxidation sites excluding steroid dienone is 4. The van der Waals surface area contributed by atoms with Crippen LogP contribution >= 0.6 is 0 Å². The van der Waals surface area contributed by atoms with Crippen LogP contribution in [0.1, 0.15) is 132 Å². The second-order valence-electron chi connectivity index (χ2n) is 12.5. The van der Waals surface area contributed by atoms with Gasteiger partial charge in [0.2, 0.25) is 0 Å². The molecule has 7 nitrogen and oxygen atoms in total. The lowest BCUT2D eigenvalue weighted by Gasteiger charge is -2.29. The lowest BCUT2D eigenvalue weighted by molar-refractivity contribution is -0.123. The molecule has 4 N–H and O–H groups in total. The van der Waals surface area contributed by atoms with Gasteiger partial charge in [-0.3, -0.25) is 19.4 Å². The zero-order valence-corrected chi connectivity index (χ0v) is 26.0. The summed E-state index contributed by atoms with van der Waals surface area (Å²) in [7, 11) is 0. The number of hydrogen-bond donors (Lipinski definition) is 3. The summed E-state index contributed by atoms with van der Waals surface area (Å²) in [6.45, 7) is 17.0. The number of carbonyl (C=O) groups is 3. The highest BCUT2D eigenvalue weighted by Crippen LogP contribution is 2.36. The van der Waals surface area contributed by atoms with Gasteiger partial charge in [0.15, 0.2) is 17.3 Å². The molecule has 0 aromatic carbocycles. The Morgan fingerprint density at radius 3 is 1.56 bits per heavy atom. The summed E-state index contributed by atoms with van der Waals surface area (Å²) in [5, 5.41) is 19.5. The summed E-state index contributed by atoms with van der Waals surface area (Å²) < 4.78 is 0. The Morgan fingerprint density at radius 1 is 0.744 bits per heavy atom. The number of aliphatic hydroxyl groups is 2. The Hall–Kier alpha value is -2.28. The summed E-state index contributed by atoms with van der Waals surface area (Å²) in [6, 6.07) is 0. The number of rotatable bonds is 11. The van der Waals surface area contributed by atoms with Gasteiger partial charge in [0.25, 0.3) is 0 Å². The number of hydrogen-bond acceptors (Lipinski definition) is 7. The molecule has 0 amide bonds. The van der Waals surface area contributed by atoms with Gasteiger partial charge in [-0.25, -0.2) is 0 Å². The Morgan fingerprint density at radius 2 is 1.18 bits per heavy atom. The number of unbranched alkanes of at least 4 members (excludes halogenated alkanes) is 6. The normalized spacial score (nSPS) is 18.7. The van der Waals surface area contributed by atoms with Crippen LogP contribution in [0.3, 0.4) is 0 Å². The number of aliphatic hydroxyl groups excluding tert-OH is 2. The van der Waals surface area contributed by atoms with Crippen LogP contribution in [-0.2, 0) is 14.4 Å². The zero-order chi connectivity index (χ0) is 30.2. The predicted octanol–water partition coefficient (Wildman–Crippen LogP) is 7.53. The maximum atomic E-state index is 12.1. The average molecular weight is 549 g/mol. The second-order valence-corrected chi connectivity index (χ2v) is 12.5. The molecule has 0 spiro atoms. The van der Waals surface area contributed by atoms with Gasteiger partial charge in [-0.2, -0.15) is 0 Å². The number of Topliss-reactive ketones (excluding diaryl/α,β-unsaturated/α-hetero) is 3. The van der Waals surface area contributed by atoms with E-state index in [-0.39, 0.29) is 45.3 Å². The van der Waals surface area contributed by atoms with Crippen molar-refractivity contribution in [2.24, 2.45) is 21.6 Å². The lowest BCUT2D eigenvalue weighted by Crippen LogP contribution is -2.28. The van der Waals surface area contributed by atoms with E-state index in [1.54, 1.807) is 0 Å². The van der Waals surface area contributed by atoms with Crippen molar-refractivity contribution in [3.05, 3.63) is 22.7 Å². The van der Waals surface area contributed by atoms with Gasteiger partial charge in [-0.05, 0) is 44.1 Å². The molecule has 0 radical (unpaired) electrons. The van der Waals surface area contributed by atoms with Crippen LogP contribution in [0.4, 0.5) is 0 Å². The maximum Gasteiger partial charge on any atom is 0.170 e. The number of nitrogens with zero attached hydrogens (tertiary/aromatic N) is 1. The van der Waals surface area contributed by atoms with E-state index >= 15 is 0 Å². The first-order chi connectivity index (χ1) is 18.1. The Balaban J connectivity index is 0.000000622. The van der Waals surface area contributed by atoms with Crippen molar-refractivity contribution < 1.29 is 24.6 Å². The third-order valence-corrected chi connectivity index (χ3v) is 6.84. The molecule has 0 aliphatic heterocycles. The Bertz CT molecular complexity index is 906. The first kappa shape index (κ1) is 36.7. The molecule has 2 aliphatic rings. The van der Waals surface area contributed by atoms with Crippen molar-refractivity contribution in [3.8, 4) is 0 Å². The van der Waals surface area contributed by atoms with E-state index in [0.29, 0.717) is 37.0 Å². The van der Waals surface area contributed by atoms with Gasteiger partial charge >= 0.3 is 0 Å². The molecule has 0 saturated heterocycles. The van der Waals surface area contributed by atoms with Crippen LogP contribution < -0.4 is 5.73 Å². The molecule has 0 fully saturated rings. The van der Waals surface area contributed by atoms with Crippen LogP contribution in [0.15, 0.2) is 27.7 Å². The van der Waals surface area contributed by atoms with E-state index in [1.165, 1.54) is 51.9 Å². The molecule has 0 saturated carbocycles. The quantitative estimate of drug-likeness (QED) is 0.139. The van der Waals surface area contributed by atoms with E-state index < -0.39 is 0 Å². The molecule has 7 heteroatoms. The van der Waals surface area contributed by atoms with Crippen LogP contribution in [0.2, 0.25) is 0 Å². The molecule has 0 atom stereocenters. The van der Waals surface area contributed by atoms with Gasteiger partial charge in [-0.1, -0.05) is 80.1 Å². The molecular formula is C32H56N2O5. The Kier molecular flexibility index (Phi) is 17.1. The van der Waals surface area contributed by atoms with Crippen LogP contribution in [0.5, 0.6) is 0 Å². The third-order valence-electron chi connectivity index (χ3n) is 6.84. The van der Waals surface area contributed by atoms with Gasteiger partial charge in [-0.15, -0.1) is 0 Å². The summed E-state index contributed by atoms with van der Waals surface area (Å²) in [4.78, 5) is 39.0. The third kappa shape index (κ3) is 14.6. The van der Waals surface area contributed by atoms with Crippen molar-refractivity contribution in [3.63, 3.8) is 0 Å². The van der Waals surface area contributed by atoms with Crippen molar-refractivity contribution in [2.75, 3.05) is 13.1 Å². The minimum absolute atomic E-state index is 0.000625. The van der Waals surface area contributed by atoms with Gasteiger partial charge in [0, 0.05) is 37.9 Å². The fourth-order valence-corrected chi connectivity index (χ4v) is 4.82. The second kappa shape index (κ2) is 18.1. The predicted molar refractivity (Wildman–Crippen MR) is 161 cm³/mol. The zero-order valence-electron chi connectivity index (χ0n) is 26.0. The SMILES string of the molecule is CC(=O)C1=C(O)CC(C)(C)CC1=O.CCCCCCN.CCCCCCN=C(C)C1=C(O)CC(C)(C)CC1=O. The van der Waals surface area contributed by atoms with E-state index in [0.717, 1.165) is 19.5 Å². The van der Waals surface area contributed by atoms with Crippen molar-refractivity contribution in [2.45, 2.75) is 132 Å². The maximum absolute atomic E-state index is 12.1. The standard InChI is InChI=1S/C16H27NO2.C10H14O3.C6H15N/c1-5-6-7-8-9-17-12(2)15-13(18)10-16(3,4)11-14(15)19;1-6(11)9-7(12)4-10(2,3)5-8(9)13;1-2-3-4-5-6-7/h18H,5-11H2,1-4H3;12H,4-5H2,1-3H3;2-7H2,1H3. The highest BCUT2D eigenvalue weighted by molar-refractivity contribution is 6.22. The summed E-state index contributed by atoms with van der Waals surface area (Å²) in [6.07, 6.45) is 11.7. The van der Waals surface area contributed by atoms with E-state index in [9.17, 15) is 24.6 Å². The van der Waals surface area contributed by atoms with Gasteiger partial charge in [0.1, 0.15) is 11.5 Å². The monoisotopic (exact) mass is 548 g/mol. The first-order valence-electron chi connectivity index (χ1n) is 14.8. The van der Waals surface area contributed by atoms with E-state index in [1.807, 2.05) is 34.6 Å². The minimum atomic E-state index is -0.335. The van der Waals surface area contributed by atoms with Gasteiger partial charge in [0.05, 0.1) is 11.1 Å². The molecule has 2 aliphatic carbocycles. The van der Waals surface area contributed by atoms with Crippen LogP contribution in [0.25, 0.3) is 0 Å². The Labute approximate surface area is 237 Å². The molecule has 0 aromatic rings. The summed E-state index contributed by atoms with van der Waals surface area (Å²) >= 11 is 0. The first-order valence-corrected chi connectivity index (χ1v) is 14.8. The van der Waals surface area contributed by atoms with Crippen molar-refractivity contribution in [1.82, 2.24) is 0 Å². The number of carbonyl (C=O) groups excluding carboxylic acids is 3. The van der Waals surface area contributed by atoms with Crippen LogP contribution in [0, 0.1) is 10.8 Å². The molecule has 0 bridgehead atoms. The molecular weight excluding hydrogens is 492 g/mol. The highest BCUT2D eigenvalue weighted by atomic mass is 16.3. The summed E-state index contributed by atoms with van der Waals surface area (Å²) in [5.41, 5.74) is 6.08. The number of nitrogens with two attached hydrogens (primary N) is 1. The molecule has 0 heterocycles. The minimum Gasteiger partial charge on any atom is -0.511 e. The molecule has 39 heavy (non-hydrogen) atoms. The van der Waals surface area contributed by atoms with Gasteiger partial charge < -0.3 is 15.9 Å². The molecule has 2 rings (SSSR count). The van der Waals surface area contributed by atoms with Crippen molar-refractivity contribution >= 4 is 23.1 Å². The van der Waals surface area contributed by atoms with E-state index in [2.05, 4.69) is 18.8 Å². The molecule has 0 unspecified atom stereocenters. The number of aliphatic imine (C=N–C) groups is 1. The average Bonchev–Trinajstić information content (AvgIpc) is 2.77. The lowest BCUT2D eigenvalue weighted by atomic mass is 9.76. The van der Waals surface area contributed by atoms with Crippen molar-refractivity contribution in [1.29, 1.82) is 0 Å². The topological polar surface area (TPSA) is 130 Å². The largest absolute Gasteiger partial charge is 0.511 e. The molecule has 224 valence electrons. The molecule has 0 aromatic heterocycles. The highest BCUT2D eigenvalue weighted by Gasteiger charge is 2.35. The fourth-order valence-electron chi connectivity index (χ4n) is 4.82.